The van der Waals surface area contributed by atoms with Crippen LogP contribution in [0, 0.1) is 5.82 Å². The summed E-state index contributed by atoms with van der Waals surface area (Å²) in [6.07, 6.45) is 0. The molecule has 0 saturated carbocycles. The quantitative estimate of drug-likeness (QED) is 0.484. The van der Waals surface area contributed by atoms with Crippen LogP contribution in [0.25, 0.3) is 17.0 Å². The number of carbonyl (C=O) groups is 1. The summed E-state index contributed by atoms with van der Waals surface area (Å²) in [5.41, 5.74) is 2.13. The highest BCUT2D eigenvalue weighted by atomic mass is 32.2. The van der Waals surface area contributed by atoms with Crippen molar-refractivity contribution in [3.05, 3.63) is 72.5 Å². The van der Waals surface area contributed by atoms with Gasteiger partial charge >= 0.3 is 0 Å². The molecule has 0 radical (unpaired) electrons. The first-order valence-electron chi connectivity index (χ1n) is 8.54. The monoisotopic (exact) mass is 393 g/mol. The molecule has 0 aliphatic rings. The molecule has 6 nitrogen and oxygen atoms in total. The molecule has 0 unspecified atom stereocenters. The summed E-state index contributed by atoms with van der Waals surface area (Å²) >= 11 is 1.34. The fourth-order valence-corrected chi connectivity index (χ4v) is 3.42. The number of hydrogen-bond donors (Lipinski definition) is 0. The van der Waals surface area contributed by atoms with Gasteiger partial charge in [-0.3, -0.25) is 4.79 Å². The van der Waals surface area contributed by atoms with E-state index >= 15 is 0 Å². The first kappa shape index (κ1) is 18.1. The van der Waals surface area contributed by atoms with E-state index < -0.39 is 0 Å². The lowest BCUT2D eigenvalue weighted by Crippen LogP contribution is -2.27. The molecule has 140 valence electrons. The second-order valence-corrected chi connectivity index (χ2v) is 7.04. The molecule has 0 atom stereocenters. The number of rotatable bonds is 5. The van der Waals surface area contributed by atoms with Crippen molar-refractivity contribution in [2.24, 2.45) is 0 Å². The predicted octanol–water partition coefficient (Wildman–Crippen LogP) is 3.69. The molecule has 0 bridgehead atoms. The van der Waals surface area contributed by atoms with Gasteiger partial charge in [-0.2, -0.15) is 9.61 Å². The molecule has 4 rings (SSSR count). The molecule has 2 aromatic heterocycles. The van der Waals surface area contributed by atoms with Gasteiger partial charge in [-0.1, -0.05) is 30.0 Å². The van der Waals surface area contributed by atoms with Crippen LogP contribution in [0.5, 0.6) is 0 Å². The van der Waals surface area contributed by atoms with Crippen molar-refractivity contribution in [1.82, 2.24) is 19.8 Å². The average molecular weight is 393 g/mol. The number of halogens is 1. The van der Waals surface area contributed by atoms with Crippen LogP contribution < -0.4 is 4.90 Å². The maximum atomic E-state index is 13.2. The molecule has 0 saturated heterocycles. The molecule has 0 aliphatic heterocycles. The van der Waals surface area contributed by atoms with Gasteiger partial charge in [0.15, 0.2) is 11.5 Å². The minimum Gasteiger partial charge on any atom is -0.315 e. The Balaban J connectivity index is 1.52. The van der Waals surface area contributed by atoms with Crippen molar-refractivity contribution in [3.8, 4) is 11.4 Å². The third-order valence-electron chi connectivity index (χ3n) is 4.20. The van der Waals surface area contributed by atoms with E-state index in [0.29, 0.717) is 22.1 Å². The lowest BCUT2D eigenvalue weighted by molar-refractivity contribution is -0.115. The van der Waals surface area contributed by atoms with Crippen LogP contribution in [0.4, 0.5) is 10.1 Å². The Hall–Kier alpha value is -3.26. The molecule has 0 fully saturated rings. The van der Waals surface area contributed by atoms with Crippen molar-refractivity contribution in [3.63, 3.8) is 0 Å². The molecule has 2 heterocycles. The van der Waals surface area contributed by atoms with E-state index in [9.17, 15) is 9.18 Å². The molecule has 0 aliphatic carbocycles. The van der Waals surface area contributed by atoms with Crippen molar-refractivity contribution in [2.75, 3.05) is 17.7 Å². The standard InChI is InChI=1S/C20H16FN5OS/c1-25(16-5-3-2-4-6-16)19(27)13-28-18-12-11-17-22-23-20(26(17)24-18)14-7-9-15(21)10-8-14/h2-12H,13H2,1H3. The van der Waals surface area contributed by atoms with Crippen molar-refractivity contribution >= 4 is 29.0 Å². The Labute approximate surface area is 165 Å². The van der Waals surface area contributed by atoms with Crippen molar-refractivity contribution in [1.29, 1.82) is 0 Å². The number of aromatic nitrogens is 4. The van der Waals surface area contributed by atoms with E-state index in [4.69, 9.17) is 0 Å². The van der Waals surface area contributed by atoms with Gasteiger partial charge in [-0.15, -0.1) is 10.2 Å². The summed E-state index contributed by atoms with van der Waals surface area (Å²) in [5.74, 6) is 0.423. The molecular formula is C20H16FN5OS. The fraction of sp³-hybridized carbons (Fsp3) is 0.100. The van der Waals surface area contributed by atoms with E-state index in [1.165, 1.54) is 23.9 Å². The Morgan fingerprint density at radius 3 is 2.54 bits per heavy atom. The summed E-state index contributed by atoms with van der Waals surface area (Å²) in [4.78, 5) is 14.1. The first-order chi connectivity index (χ1) is 13.6. The van der Waals surface area contributed by atoms with Crippen LogP contribution in [0.3, 0.4) is 0 Å². The van der Waals surface area contributed by atoms with Crippen LogP contribution in [-0.4, -0.2) is 38.5 Å². The van der Waals surface area contributed by atoms with Gasteiger partial charge in [0, 0.05) is 18.3 Å². The second-order valence-electron chi connectivity index (χ2n) is 6.05. The molecular weight excluding hydrogens is 377 g/mol. The Morgan fingerprint density at radius 1 is 1.04 bits per heavy atom. The number of anilines is 1. The molecule has 28 heavy (non-hydrogen) atoms. The number of carbonyl (C=O) groups excluding carboxylic acids is 1. The minimum atomic E-state index is -0.317. The van der Waals surface area contributed by atoms with Crippen LogP contribution in [-0.2, 0) is 4.79 Å². The summed E-state index contributed by atoms with van der Waals surface area (Å²) in [5, 5.41) is 13.4. The topological polar surface area (TPSA) is 63.4 Å². The van der Waals surface area contributed by atoms with E-state index in [0.717, 1.165) is 5.69 Å². The highest BCUT2D eigenvalue weighted by Gasteiger charge is 2.14. The average Bonchev–Trinajstić information content (AvgIpc) is 3.16. The molecule has 2 aromatic carbocycles. The zero-order valence-corrected chi connectivity index (χ0v) is 15.8. The van der Waals surface area contributed by atoms with Crippen molar-refractivity contribution in [2.45, 2.75) is 5.03 Å². The van der Waals surface area contributed by atoms with Crippen LogP contribution in [0.1, 0.15) is 0 Å². The summed E-state index contributed by atoms with van der Waals surface area (Å²) in [6.45, 7) is 0. The van der Waals surface area contributed by atoms with Gasteiger partial charge in [-0.05, 0) is 48.5 Å². The number of thioether (sulfide) groups is 1. The first-order valence-corrected chi connectivity index (χ1v) is 9.53. The number of para-hydroxylation sites is 1. The van der Waals surface area contributed by atoms with Gasteiger partial charge in [-0.25, -0.2) is 4.39 Å². The third-order valence-corrected chi connectivity index (χ3v) is 5.11. The van der Waals surface area contributed by atoms with Crippen LogP contribution in [0.15, 0.2) is 71.8 Å². The van der Waals surface area contributed by atoms with E-state index in [1.807, 2.05) is 30.3 Å². The number of benzene rings is 2. The second kappa shape index (κ2) is 7.77. The Morgan fingerprint density at radius 2 is 1.79 bits per heavy atom. The normalized spacial score (nSPS) is 10.9. The van der Waals surface area contributed by atoms with Crippen LogP contribution in [0.2, 0.25) is 0 Å². The lowest BCUT2D eigenvalue weighted by atomic mass is 10.2. The minimum absolute atomic E-state index is 0.0272. The largest absolute Gasteiger partial charge is 0.315 e. The number of hydrogen-bond acceptors (Lipinski definition) is 5. The molecule has 4 aromatic rings. The highest BCUT2D eigenvalue weighted by molar-refractivity contribution is 7.99. The van der Waals surface area contributed by atoms with Crippen LogP contribution >= 0.6 is 11.8 Å². The Bertz CT molecular complexity index is 1110. The predicted molar refractivity (Wildman–Crippen MR) is 107 cm³/mol. The van der Waals surface area contributed by atoms with E-state index in [-0.39, 0.29) is 17.5 Å². The molecule has 8 heteroatoms. The Kier molecular flexibility index (Phi) is 5.03. The number of fused-ring (bicyclic) bond motifs is 1. The summed E-state index contributed by atoms with van der Waals surface area (Å²) in [7, 11) is 1.75. The molecule has 0 N–H and O–H groups in total. The van der Waals surface area contributed by atoms with Gasteiger partial charge < -0.3 is 4.90 Å². The third kappa shape index (κ3) is 3.72. The smallest absolute Gasteiger partial charge is 0.237 e. The number of amides is 1. The van der Waals surface area contributed by atoms with Gasteiger partial charge in [0.25, 0.3) is 0 Å². The highest BCUT2D eigenvalue weighted by Crippen LogP contribution is 2.22. The van der Waals surface area contributed by atoms with Gasteiger partial charge in [0.05, 0.1) is 5.75 Å². The molecule has 1 amide bonds. The van der Waals surface area contributed by atoms with Gasteiger partial charge in [0.2, 0.25) is 5.91 Å². The van der Waals surface area contributed by atoms with Gasteiger partial charge in [0.1, 0.15) is 10.8 Å². The molecule has 0 spiro atoms. The fourth-order valence-electron chi connectivity index (χ4n) is 2.66. The zero-order chi connectivity index (χ0) is 19.5. The maximum Gasteiger partial charge on any atom is 0.237 e. The van der Waals surface area contributed by atoms with E-state index in [2.05, 4.69) is 15.3 Å². The summed E-state index contributed by atoms with van der Waals surface area (Å²) in [6, 6.07) is 19.1. The van der Waals surface area contributed by atoms with E-state index in [1.54, 1.807) is 40.7 Å². The lowest BCUT2D eigenvalue weighted by Gasteiger charge is -2.16. The maximum absolute atomic E-state index is 13.2. The SMILES string of the molecule is CN(C(=O)CSc1ccc2nnc(-c3ccc(F)cc3)n2n1)c1ccccc1. The van der Waals surface area contributed by atoms with Crippen molar-refractivity contribution < 1.29 is 9.18 Å². The summed E-state index contributed by atoms with van der Waals surface area (Å²) < 4.78 is 14.8. The number of nitrogens with zero attached hydrogens (tertiary/aromatic N) is 5. The zero-order valence-electron chi connectivity index (χ0n) is 15.0.